The van der Waals surface area contributed by atoms with Crippen molar-refractivity contribution in [2.75, 3.05) is 36.4 Å². The maximum atomic E-state index is 12.8. The standard InChI is InChI=1S/C21H25F3N4O/c1-3-15-6-5-7-16(4-2)19(15)26-20(29)28-12-10-27(11-13-28)18-9-8-17(14-25-18)21(22,23)24/h5-9,14H,3-4,10-13H2,1-2H3,(H,26,29). The van der Waals surface area contributed by atoms with Crippen LogP contribution >= 0.6 is 0 Å². The monoisotopic (exact) mass is 406 g/mol. The van der Waals surface area contributed by atoms with Crippen molar-refractivity contribution >= 4 is 17.5 Å². The molecule has 2 aromatic rings. The third kappa shape index (κ3) is 4.81. The molecule has 1 aromatic heterocycles. The van der Waals surface area contributed by atoms with Crippen LogP contribution in [0.3, 0.4) is 0 Å². The van der Waals surface area contributed by atoms with Gasteiger partial charge in [0, 0.05) is 38.1 Å². The highest BCUT2D eigenvalue weighted by molar-refractivity contribution is 5.91. The van der Waals surface area contributed by atoms with E-state index in [2.05, 4.69) is 24.1 Å². The number of piperazine rings is 1. The number of nitrogens with one attached hydrogen (secondary N) is 1. The number of benzene rings is 1. The molecule has 0 saturated carbocycles. The number of halogens is 3. The molecule has 0 radical (unpaired) electrons. The number of hydrogen-bond acceptors (Lipinski definition) is 3. The minimum Gasteiger partial charge on any atom is -0.353 e. The third-order valence-electron chi connectivity index (χ3n) is 5.20. The van der Waals surface area contributed by atoms with Crippen molar-refractivity contribution in [3.05, 3.63) is 53.2 Å². The number of rotatable bonds is 4. The molecule has 0 unspecified atom stereocenters. The molecule has 0 bridgehead atoms. The van der Waals surface area contributed by atoms with E-state index in [1.165, 1.54) is 6.07 Å². The second kappa shape index (κ2) is 8.71. The predicted octanol–water partition coefficient (Wildman–Crippen LogP) is 4.58. The van der Waals surface area contributed by atoms with Crippen molar-refractivity contribution in [2.24, 2.45) is 0 Å². The fourth-order valence-electron chi connectivity index (χ4n) is 3.47. The van der Waals surface area contributed by atoms with Crippen molar-refractivity contribution in [2.45, 2.75) is 32.9 Å². The fourth-order valence-corrected chi connectivity index (χ4v) is 3.47. The number of alkyl halides is 3. The van der Waals surface area contributed by atoms with Gasteiger partial charge in [-0.1, -0.05) is 32.0 Å². The molecule has 29 heavy (non-hydrogen) atoms. The van der Waals surface area contributed by atoms with Crippen LogP contribution in [0.2, 0.25) is 0 Å². The van der Waals surface area contributed by atoms with Gasteiger partial charge in [0.1, 0.15) is 5.82 Å². The molecule has 1 saturated heterocycles. The first-order chi connectivity index (χ1) is 13.8. The number of pyridine rings is 1. The molecule has 0 spiro atoms. The molecule has 1 aliphatic heterocycles. The van der Waals surface area contributed by atoms with Gasteiger partial charge >= 0.3 is 12.2 Å². The molecule has 1 aromatic carbocycles. The highest BCUT2D eigenvalue weighted by atomic mass is 19.4. The van der Waals surface area contributed by atoms with Crippen LogP contribution in [0, 0.1) is 0 Å². The highest BCUT2D eigenvalue weighted by Gasteiger charge is 2.31. The number of urea groups is 1. The SMILES string of the molecule is CCc1cccc(CC)c1NC(=O)N1CCN(c2ccc(C(F)(F)F)cn2)CC1. The summed E-state index contributed by atoms with van der Waals surface area (Å²) in [4.78, 5) is 20.3. The molecule has 5 nitrogen and oxygen atoms in total. The van der Waals surface area contributed by atoms with Gasteiger partial charge in [-0.2, -0.15) is 13.2 Å². The fraction of sp³-hybridized carbons (Fsp3) is 0.429. The molecule has 3 rings (SSSR count). The number of carbonyl (C=O) groups excluding carboxylic acids is 1. The zero-order valence-electron chi connectivity index (χ0n) is 16.6. The predicted molar refractivity (Wildman–Crippen MR) is 107 cm³/mol. The molecule has 1 aliphatic rings. The summed E-state index contributed by atoms with van der Waals surface area (Å²) in [6.07, 6.45) is -1.88. The normalized spacial score (nSPS) is 14.8. The van der Waals surface area contributed by atoms with Crippen molar-refractivity contribution in [3.8, 4) is 0 Å². The number of hydrogen-bond donors (Lipinski definition) is 1. The molecule has 8 heteroatoms. The lowest BCUT2D eigenvalue weighted by molar-refractivity contribution is -0.137. The van der Waals surface area contributed by atoms with E-state index in [1.807, 2.05) is 23.1 Å². The van der Waals surface area contributed by atoms with Gasteiger partial charge in [0.15, 0.2) is 0 Å². The van der Waals surface area contributed by atoms with Gasteiger partial charge in [0.2, 0.25) is 0 Å². The Morgan fingerprint density at radius 3 is 2.14 bits per heavy atom. The van der Waals surface area contributed by atoms with Crippen LogP contribution in [0.5, 0.6) is 0 Å². The lowest BCUT2D eigenvalue weighted by atomic mass is 10.0. The Morgan fingerprint density at radius 2 is 1.66 bits per heavy atom. The van der Waals surface area contributed by atoms with E-state index in [9.17, 15) is 18.0 Å². The van der Waals surface area contributed by atoms with Crippen LogP contribution in [0.15, 0.2) is 36.5 Å². The number of amides is 2. The van der Waals surface area contributed by atoms with Gasteiger partial charge in [-0.25, -0.2) is 9.78 Å². The first kappa shape index (κ1) is 21.0. The number of aryl methyl sites for hydroxylation is 2. The van der Waals surface area contributed by atoms with Crippen LogP contribution in [0.25, 0.3) is 0 Å². The quantitative estimate of drug-likeness (QED) is 0.809. The molecule has 0 aliphatic carbocycles. The summed E-state index contributed by atoms with van der Waals surface area (Å²) in [6, 6.07) is 8.30. The zero-order chi connectivity index (χ0) is 21.0. The summed E-state index contributed by atoms with van der Waals surface area (Å²) in [5, 5.41) is 3.06. The maximum absolute atomic E-state index is 12.8. The van der Waals surface area contributed by atoms with Crippen LogP contribution in [0.4, 0.5) is 29.5 Å². The topological polar surface area (TPSA) is 48.5 Å². The summed E-state index contributed by atoms with van der Waals surface area (Å²) in [6.45, 7) is 6.10. The van der Waals surface area contributed by atoms with Crippen LogP contribution in [-0.4, -0.2) is 42.1 Å². The van der Waals surface area contributed by atoms with Crippen molar-refractivity contribution in [1.82, 2.24) is 9.88 Å². The number of para-hydroxylation sites is 1. The second-order valence-electron chi connectivity index (χ2n) is 6.97. The Morgan fingerprint density at radius 1 is 1.03 bits per heavy atom. The number of nitrogens with zero attached hydrogens (tertiary/aromatic N) is 3. The lowest BCUT2D eigenvalue weighted by Gasteiger charge is -2.35. The molecule has 0 atom stereocenters. The molecule has 1 fully saturated rings. The van der Waals surface area contributed by atoms with Crippen molar-refractivity contribution < 1.29 is 18.0 Å². The Labute approximate surface area is 168 Å². The van der Waals surface area contributed by atoms with Crippen LogP contribution < -0.4 is 10.2 Å². The minimum atomic E-state index is -4.39. The largest absolute Gasteiger partial charge is 0.417 e. The maximum Gasteiger partial charge on any atom is 0.417 e. The smallest absolute Gasteiger partial charge is 0.353 e. The zero-order valence-corrected chi connectivity index (χ0v) is 16.6. The van der Waals surface area contributed by atoms with E-state index in [0.29, 0.717) is 32.0 Å². The van der Waals surface area contributed by atoms with E-state index in [0.717, 1.165) is 41.9 Å². The molecular formula is C21H25F3N4O. The first-order valence-electron chi connectivity index (χ1n) is 9.78. The van der Waals surface area contributed by atoms with Crippen molar-refractivity contribution in [3.63, 3.8) is 0 Å². The van der Waals surface area contributed by atoms with Gasteiger partial charge < -0.3 is 15.1 Å². The van der Waals surface area contributed by atoms with E-state index >= 15 is 0 Å². The second-order valence-corrected chi connectivity index (χ2v) is 6.97. The highest BCUT2D eigenvalue weighted by Crippen LogP contribution is 2.29. The van der Waals surface area contributed by atoms with E-state index in [4.69, 9.17) is 0 Å². The molecule has 2 amide bonds. The van der Waals surface area contributed by atoms with Gasteiger partial charge in [-0.3, -0.25) is 0 Å². The Hall–Kier alpha value is -2.77. The summed E-state index contributed by atoms with van der Waals surface area (Å²) in [7, 11) is 0. The van der Waals surface area contributed by atoms with Crippen molar-refractivity contribution in [1.29, 1.82) is 0 Å². The van der Waals surface area contributed by atoms with E-state index < -0.39 is 11.7 Å². The van der Waals surface area contributed by atoms with Gasteiger partial charge in [-0.15, -0.1) is 0 Å². The number of anilines is 2. The molecule has 2 heterocycles. The molecule has 1 N–H and O–H groups in total. The van der Waals surface area contributed by atoms with Gasteiger partial charge in [0.05, 0.1) is 5.56 Å². The van der Waals surface area contributed by atoms with Gasteiger partial charge in [-0.05, 0) is 36.1 Å². The number of aromatic nitrogens is 1. The lowest BCUT2D eigenvalue weighted by Crippen LogP contribution is -2.50. The molecular weight excluding hydrogens is 381 g/mol. The Bertz CT molecular complexity index is 822. The van der Waals surface area contributed by atoms with E-state index in [1.54, 1.807) is 4.90 Å². The van der Waals surface area contributed by atoms with Crippen LogP contribution in [-0.2, 0) is 19.0 Å². The van der Waals surface area contributed by atoms with Gasteiger partial charge in [0.25, 0.3) is 0 Å². The average molecular weight is 406 g/mol. The average Bonchev–Trinajstić information content (AvgIpc) is 2.73. The van der Waals surface area contributed by atoms with E-state index in [-0.39, 0.29) is 6.03 Å². The summed E-state index contributed by atoms with van der Waals surface area (Å²) in [5.41, 5.74) is 2.32. The summed E-state index contributed by atoms with van der Waals surface area (Å²) >= 11 is 0. The molecule has 156 valence electrons. The first-order valence-corrected chi connectivity index (χ1v) is 9.78. The summed E-state index contributed by atoms with van der Waals surface area (Å²) in [5.74, 6) is 0.489. The third-order valence-corrected chi connectivity index (χ3v) is 5.20. The van der Waals surface area contributed by atoms with Crippen LogP contribution in [0.1, 0.15) is 30.5 Å². The Balaban J connectivity index is 1.62. The Kier molecular flexibility index (Phi) is 6.30. The summed E-state index contributed by atoms with van der Waals surface area (Å²) < 4.78 is 38.1. The minimum absolute atomic E-state index is 0.152. The number of carbonyl (C=O) groups is 1.